The van der Waals surface area contributed by atoms with Crippen LogP contribution in [0.1, 0.15) is 42.3 Å². The monoisotopic (exact) mass is 445 g/mol. The van der Waals surface area contributed by atoms with Crippen molar-refractivity contribution in [3.8, 4) is 5.75 Å². The summed E-state index contributed by atoms with van der Waals surface area (Å²) in [7, 11) is 1.57. The van der Waals surface area contributed by atoms with Gasteiger partial charge in [0.25, 0.3) is 0 Å². The summed E-state index contributed by atoms with van der Waals surface area (Å²) >= 11 is 1.37. The molecule has 0 heterocycles. The summed E-state index contributed by atoms with van der Waals surface area (Å²) in [6.45, 7) is 5.13. The van der Waals surface area contributed by atoms with E-state index in [9.17, 15) is 19.5 Å². The number of methoxy groups -OCH3 is 1. The third kappa shape index (κ3) is 7.97. The Hall–Kier alpha value is -3.00. The lowest BCUT2D eigenvalue weighted by Gasteiger charge is -2.21. The smallest absolute Gasteiger partial charge is 0.408 e. The molecule has 2 aromatic rings. The number of carboxylic acids is 1. The molecule has 0 aliphatic carbocycles. The number of aliphatic carboxylic acids is 1. The van der Waals surface area contributed by atoms with Crippen molar-refractivity contribution in [2.24, 2.45) is 0 Å². The van der Waals surface area contributed by atoms with Crippen LogP contribution >= 0.6 is 11.8 Å². The van der Waals surface area contributed by atoms with Gasteiger partial charge in [0, 0.05) is 22.6 Å². The Morgan fingerprint density at radius 1 is 1.00 bits per heavy atom. The lowest BCUT2D eigenvalue weighted by molar-refractivity contribution is -0.138. The molecule has 1 amide bonds. The van der Waals surface area contributed by atoms with Gasteiger partial charge in [-0.2, -0.15) is 11.8 Å². The van der Waals surface area contributed by atoms with Gasteiger partial charge in [0.1, 0.15) is 17.4 Å². The second-order valence-electron chi connectivity index (χ2n) is 7.81. The van der Waals surface area contributed by atoms with Crippen LogP contribution in [0.25, 0.3) is 0 Å². The third-order valence-electron chi connectivity index (χ3n) is 4.11. The number of thioether (sulfide) groups is 1. The van der Waals surface area contributed by atoms with E-state index in [0.29, 0.717) is 22.6 Å². The predicted octanol–water partition coefficient (Wildman–Crippen LogP) is 4.14. The first-order valence-corrected chi connectivity index (χ1v) is 10.8. The molecule has 7 nitrogen and oxygen atoms in total. The van der Waals surface area contributed by atoms with Crippen LogP contribution in [0.3, 0.4) is 0 Å². The summed E-state index contributed by atoms with van der Waals surface area (Å²) in [6, 6.07) is 13.0. The molecule has 0 aromatic heterocycles. The van der Waals surface area contributed by atoms with Gasteiger partial charge in [-0.25, -0.2) is 9.59 Å². The van der Waals surface area contributed by atoms with Crippen LogP contribution in [0.2, 0.25) is 0 Å². The van der Waals surface area contributed by atoms with Crippen molar-refractivity contribution in [1.29, 1.82) is 0 Å². The minimum Gasteiger partial charge on any atom is -0.497 e. The molecule has 1 atom stereocenters. The zero-order valence-electron chi connectivity index (χ0n) is 18.0. The molecule has 166 valence electrons. The number of ketones is 1. The third-order valence-corrected chi connectivity index (χ3v) is 5.22. The highest BCUT2D eigenvalue weighted by molar-refractivity contribution is 7.98. The lowest BCUT2D eigenvalue weighted by atomic mass is 10.0. The fourth-order valence-corrected chi connectivity index (χ4v) is 3.59. The Morgan fingerprint density at radius 2 is 1.55 bits per heavy atom. The van der Waals surface area contributed by atoms with E-state index in [2.05, 4.69) is 5.32 Å². The van der Waals surface area contributed by atoms with Crippen molar-refractivity contribution in [2.75, 3.05) is 12.9 Å². The number of hydrogen-bond acceptors (Lipinski definition) is 6. The summed E-state index contributed by atoms with van der Waals surface area (Å²) in [5, 5.41) is 11.7. The summed E-state index contributed by atoms with van der Waals surface area (Å²) in [4.78, 5) is 35.8. The first kappa shape index (κ1) is 24.3. The van der Waals surface area contributed by atoms with Crippen LogP contribution in [-0.2, 0) is 15.3 Å². The van der Waals surface area contributed by atoms with Gasteiger partial charge in [0.2, 0.25) is 0 Å². The van der Waals surface area contributed by atoms with E-state index in [1.165, 1.54) is 11.8 Å². The molecular weight excluding hydrogens is 418 g/mol. The molecular formula is C23H27NO6S. The highest BCUT2D eigenvalue weighted by Gasteiger charge is 2.23. The maximum atomic E-state index is 12.6. The van der Waals surface area contributed by atoms with Crippen LogP contribution < -0.4 is 10.1 Å². The Morgan fingerprint density at radius 3 is 2.03 bits per heavy atom. The van der Waals surface area contributed by atoms with E-state index in [-0.39, 0.29) is 11.5 Å². The van der Waals surface area contributed by atoms with Crippen molar-refractivity contribution in [3.63, 3.8) is 0 Å². The van der Waals surface area contributed by atoms with Gasteiger partial charge >= 0.3 is 12.1 Å². The molecule has 8 heteroatoms. The average molecular weight is 446 g/mol. The van der Waals surface area contributed by atoms with Gasteiger partial charge in [0.05, 0.1) is 7.11 Å². The summed E-state index contributed by atoms with van der Waals surface area (Å²) in [6.07, 6.45) is -0.762. The van der Waals surface area contributed by atoms with Crippen LogP contribution in [0.15, 0.2) is 48.5 Å². The molecule has 1 unspecified atom stereocenters. The van der Waals surface area contributed by atoms with Crippen molar-refractivity contribution in [3.05, 3.63) is 65.2 Å². The number of carboxylic acid groups (broad SMARTS) is 1. The molecule has 0 aliphatic rings. The Bertz CT molecular complexity index is 903. The highest BCUT2D eigenvalue weighted by Crippen LogP contribution is 2.18. The van der Waals surface area contributed by atoms with Crippen LogP contribution in [-0.4, -0.2) is 47.5 Å². The van der Waals surface area contributed by atoms with Crippen molar-refractivity contribution in [1.82, 2.24) is 5.32 Å². The number of hydrogen-bond donors (Lipinski definition) is 2. The maximum absolute atomic E-state index is 12.6. The first-order valence-electron chi connectivity index (χ1n) is 9.67. The first-order chi connectivity index (χ1) is 14.6. The van der Waals surface area contributed by atoms with Gasteiger partial charge < -0.3 is 19.9 Å². The van der Waals surface area contributed by atoms with Gasteiger partial charge in [0.15, 0.2) is 5.78 Å². The van der Waals surface area contributed by atoms with E-state index in [4.69, 9.17) is 9.47 Å². The van der Waals surface area contributed by atoms with Crippen molar-refractivity contribution >= 4 is 29.6 Å². The topological polar surface area (TPSA) is 102 Å². The molecule has 31 heavy (non-hydrogen) atoms. The maximum Gasteiger partial charge on any atom is 0.408 e. The fourth-order valence-electron chi connectivity index (χ4n) is 2.58. The molecule has 2 aromatic carbocycles. The standard InChI is InChI=1S/C23H27NO6S/c1-23(2,3)30-22(28)24-19(21(26)27)14-31-13-15-5-7-16(8-6-15)20(25)17-9-11-18(29-4)12-10-17/h5-12,19H,13-14H2,1-4H3,(H,24,28)(H,26,27). The summed E-state index contributed by atoms with van der Waals surface area (Å²) in [5.41, 5.74) is 1.37. The number of rotatable bonds is 9. The van der Waals surface area contributed by atoms with Gasteiger partial charge in [-0.1, -0.05) is 24.3 Å². The zero-order chi connectivity index (χ0) is 23.0. The summed E-state index contributed by atoms with van der Waals surface area (Å²) < 4.78 is 10.2. The van der Waals surface area contributed by atoms with Gasteiger partial charge in [-0.3, -0.25) is 4.79 Å². The molecule has 2 N–H and O–H groups in total. The Balaban J connectivity index is 1.89. The number of amides is 1. The van der Waals surface area contributed by atoms with Crippen molar-refractivity contribution in [2.45, 2.75) is 38.2 Å². The minimum atomic E-state index is -1.13. The number of ether oxygens (including phenoxy) is 2. The number of alkyl carbamates (subject to hydrolysis) is 1. The molecule has 0 saturated heterocycles. The Kier molecular flexibility index (Phi) is 8.50. The minimum absolute atomic E-state index is 0.0886. The van der Waals surface area contributed by atoms with Gasteiger partial charge in [-0.15, -0.1) is 0 Å². The molecule has 0 spiro atoms. The second-order valence-corrected chi connectivity index (χ2v) is 8.84. The van der Waals surface area contributed by atoms with E-state index < -0.39 is 23.7 Å². The lowest BCUT2D eigenvalue weighted by Crippen LogP contribution is -2.44. The van der Waals surface area contributed by atoms with Gasteiger partial charge in [-0.05, 0) is 50.6 Å². The van der Waals surface area contributed by atoms with E-state index in [0.717, 1.165) is 5.56 Å². The zero-order valence-corrected chi connectivity index (χ0v) is 18.8. The largest absolute Gasteiger partial charge is 0.497 e. The molecule has 0 fully saturated rings. The van der Waals surface area contributed by atoms with E-state index >= 15 is 0 Å². The highest BCUT2D eigenvalue weighted by atomic mass is 32.2. The van der Waals surface area contributed by atoms with E-state index in [1.54, 1.807) is 64.3 Å². The number of benzene rings is 2. The number of carbonyl (C=O) groups excluding carboxylic acids is 2. The normalized spacial score (nSPS) is 12.0. The van der Waals surface area contributed by atoms with Crippen molar-refractivity contribution < 1.29 is 29.0 Å². The van der Waals surface area contributed by atoms with Crippen LogP contribution in [0, 0.1) is 0 Å². The van der Waals surface area contributed by atoms with Crippen LogP contribution in [0.4, 0.5) is 4.79 Å². The quantitative estimate of drug-likeness (QED) is 0.559. The van der Waals surface area contributed by atoms with E-state index in [1.807, 2.05) is 12.1 Å². The number of carbonyl (C=O) groups is 3. The average Bonchev–Trinajstić information content (AvgIpc) is 2.71. The molecule has 0 radical (unpaired) electrons. The van der Waals surface area contributed by atoms with Crippen LogP contribution in [0.5, 0.6) is 5.75 Å². The summed E-state index contributed by atoms with van der Waals surface area (Å²) in [5.74, 6) is 0.190. The SMILES string of the molecule is COc1ccc(C(=O)c2ccc(CSCC(NC(=O)OC(C)(C)C)C(=O)O)cc2)cc1. The fraction of sp³-hybridized carbons (Fsp3) is 0.348. The predicted molar refractivity (Wildman–Crippen MR) is 120 cm³/mol. The molecule has 0 bridgehead atoms. The second kappa shape index (κ2) is 10.9. The number of nitrogens with one attached hydrogen (secondary N) is 1. The molecule has 0 aliphatic heterocycles. The molecule has 0 saturated carbocycles. The molecule has 2 rings (SSSR count). The Labute approximate surface area is 186 Å².